The van der Waals surface area contributed by atoms with Crippen LogP contribution in [0.3, 0.4) is 0 Å². The number of aryl methyl sites for hydroxylation is 1. The molecular weight excluding hydrogens is 519 g/mol. The molecule has 1 fully saturated rings. The van der Waals surface area contributed by atoms with Crippen molar-refractivity contribution in [3.63, 3.8) is 0 Å². The number of nitrogens with one attached hydrogen (secondary N) is 1. The minimum absolute atomic E-state index is 0.0227. The first kappa shape index (κ1) is 22.6. The van der Waals surface area contributed by atoms with Crippen LogP contribution >= 0.6 is 22.6 Å². The number of ether oxygens (including phenoxy) is 2. The number of rotatable bonds is 7. The predicted octanol–water partition coefficient (Wildman–Crippen LogP) is 5.41. The number of fused-ring (bicyclic) bond motifs is 2. The topological polar surface area (TPSA) is 69.0 Å². The molecule has 1 amide bonds. The van der Waals surface area contributed by atoms with Gasteiger partial charge in [-0.3, -0.25) is 9.59 Å². The van der Waals surface area contributed by atoms with Crippen LogP contribution < -0.4 is 10.1 Å². The summed E-state index contributed by atoms with van der Waals surface area (Å²) < 4.78 is 11.9. The molecule has 2 aromatic carbocycles. The zero-order valence-electron chi connectivity index (χ0n) is 17.9. The third-order valence-electron chi connectivity index (χ3n) is 6.29. The van der Waals surface area contributed by atoms with Crippen molar-refractivity contribution in [2.24, 2.45) is 5.92 Å². The first-order valence-electron chi connectivity index (χ1n) is 10.9. The highest BCUT2D eigenvalue weighted by atomic mass is 127. The van der Waals surface area contributed by atoms with Gasteiger partial charge in [0.15, 0.2) is 5.69 Å². The monoisotopic (exact) mass is 544 g/mol. The third-order valence-corrected chi connectivity index (χ3v) is 6.96. The summed E-state index contributed by atoms with van der Waals surface area (Å²) in [5, 5.41) is 3.09. The zero-order chi connectivity index (χ0) is 22.7. The van der Waals surface area contributed by atoms with Crippen molar-refractivity contribution in [1.29, 1.82) is 0 Å². The second-order valence-electron chi connectivity index (χ2n) is 8.25. The third kappa shape index (κ3) is 4.60. The summed E-state index contributed by atoms with van der Waals surface area (Å²) in [7, 11) is 0. The molecule has 0 saturated heterocycles. The van der Waals surface area contributed by atoms with E-state index in [2.05, 4.69) is 38.8 Å². The van der Waals surface area contributed by atoms with Gasteiger partial charge in [0.2, 0.25) is 5.91 Å². The van der Waals surface area contributed by atoms with Crippen LogP contribution in [-0.2, 0) is 26.2 Å². The van der Waals surface area contributed by atoms with Crippen molar-refractivity contribution in [3.05, 3.63) is 62.5 Å². The van der Waals surface area contributed by atoms with E-state index in [1.165, 1.54) is 0 Å². The summed E-state index contributed by atoms with van der Waals surface area (Å²) in [5.41, 5.74) is 3.02. The average Bonchev–Trinajstić information content (AvgIpc) is 3.50. The molecule has 1 spiro atoms. The molecule has 1 N–H and O–H groups in total. The Bertz CT molecular complexity index is 1090. The fraction of sp³-hybridized carbons (Fsp3) is 0.400. The van der Waals surface area contributed by atoms with E-state index < -0.39 is 0 Å². The van der Waals surface area contributed by atoms with Crippen LogP contribution in [0.15, 0.2) is 36.4 Å². The van der Waals surface area contributed by atoms with Crippen LogP contribution in [0.4, 0.5) is 11.4 Å². The van der Waals surface area contributed by atoms with Crippen molar-refractivity contribution in [3.8, 4) is 5.75 Å². The van der Waals surface area contributed by atoms with Crippen molar-refractivity contribution in [2.75, 3.05) is 18.5 Å². The van der Waals surface area contributed by atoms with Crippen molar-refractivity contribution in [2.45, 2.75) is 44.4 Å². The number of hydrogen-bond acceptors (Lipinski definition) is 4. The molecule has 6 nitrogen and oxygen atoms in total. The highest BCUT2D eigenvalue weighted by Gasteiger charge is 2.61. The lowest BCUT2D eigenvalue weighted by atomic mass is 9.87. The van der Waals surface area contributed by atoms with E-state index in [4.69, 9.17) is 16.0 Å². The van der Waals surface area contributed by atoms with Gasteiger partial charge in [0.25, 0.3) is 0 Å². The summed E-state index contributed by atoms with van der Waals surface area (Å²) in [6, 6.07) is 11.5. The number of carbonyl (C=O) groups is 2. The zero-order valence-corrected chi connectivity index (χ0v) is 20.1. The number of carbonyl (C=O) groups excluding carboxylic acids is 2. The fourth-order valence-electron chi connectivity index (χ4n) is 4.56. The molecule has 2 atom stereocenters. The number of nitrogens with zero attached hydrogens (tertiary/aromatic N) is 1. The molecule has 0 aromatic heterocycles. The van der Waals surface area contributed by atoms with E-state index in [-0.39, 0.29) is 23.2 Å². The summed E-state index contributed by atoms with van der Waals surface area (Å²) in [6.45, 7) is 10.1. The maximum atomic E-state index is 13.3. The Labute approximate surface area is 201 Å². The second-order valence-corrected chi connectivity index (χ2v) is 9.50. The molecule has 0 unspecified atom stereocenters. The average molecular weight is 544 g/mol. The minimum Gasteiger partial charge on any atom is -0.493 e. The van der Waals surface area contributed by atoms with Gasteiger partial charge in [-0.25, -0.2) is 4.85 Å². The largest absolute Gasteiger partial charge is 0.493 e. The van der Waals surface area contributed by atoms with Crippen LogP contribution in [-0.4, -0.2) is 25.1 Å². The Morgan fingerprint density at radius 1 is 1.31 bits per heavy atom. The van der Waals surface area contributed by atoms with Crippen LogP contribution in [0.25, 0.3) is 4.85 Å². The molecule has 32 heavy (non-hydrogen) atoms. The first-order chi connectivity index (χ1) is 15.5. The Hall–Kier alpha value is -2.60. The van der Waals surface area contributed by atoms with E-state index >= 15 is 0 Å². The van der Waals surface area contributed by atoms with Crippen LogP contribution in [0.2, 0.25) is 0 Å². The predicted molar refractivity (Wildman–Crippen MR) is 130 cm³/mol. The van der Waals surface area contributed by atoms with Crippen LogP contribution in [0.5, 0.6) is 5.75 Å². The van der Waals surface area contributed by atoms with Gasteiger partial charge < -0.3 is 14.8 Å². The Balaban J connectivity index is 1.49. The molecule has 4 rings (SSSR count). The maximum absolute atomic E-state index is 13.3. The lowest BCUT2D eigenvalue weighted by molar-refractivity contribution is -0.143. The van der Waals surface area contributed by atoms with Gasteiger partial charge in [-0.1, -0.05) is 12.1 Å². The molecule has 0 radical (unpaired) electrons. The summed E-state index contributed by atoms with van der Waals surface area (Å²) >= 11 is 2.29. The first-order valence-corrected chi connectivity index (χ1v) is 11.9. The van der Waals surface area contributed by atoms with E-state index in [9.17, 15) is 9.59 Å². The van der Waals surface area contributed by atoms with Crippen LogP contribution in [0, 0.1) is 16.1 Å². The van der Waals surface area contributed by atoms with Crippen molar-refractivity contribution < 1.29 is 19.1 Å². The van der Waals surface area contributed by atoms with Gasteiger partial charge in [-0.2, -0.15) is 0 Å². The number of benzene rings is 2. The lowest BCUT2D eigenvalue weighted by Gasteiger charge is -2.27. The maximum Gasteiger partial charge on any atom is 0.305 e. The fourth-order valence-corrected chi connectivity index (χ4v) is 5.05. The molecule has 1 aliphatic carbocycles. The molecule has 7 heteroatoms. The van der Waals surface area contributed by atoms with Gasteiger partial charge in [-0.05, 0) is 85.0 Å². The van der Waals surface area contributed by atoms with E-state index in [0.29, 0.717) is 43.9 Å². The SMILES string of the molecule is [C-]#[N+]c1ccc(CCCC(=O)OCC)c(NC(=O)[C@@H]2C[C@]23CCOc2ccc(I)cc23)c1. The highest BCUT2D eigenvalue weighted by Crippen LogP contribution is 2.61. The highest BCUT2D eigenvalue weighted by molar-refractivity contribution is 14.1. The normalized spacial score (nSPS) is 20.6. The number of halogens is 1. The smallest absolute Gasteiger partial charge is 0.305 e. The quantitative estimate of drug-likeness (QED) is 0.288. The summed E-state index contributed by atoms with van der Waals surface area (Å²) in [4.78, 5) is 28.4. The Morgan fingerprint density at radius 2 is 2.16 bits per heavy atom. The van der Waals surface area contributed by atoms with Gasteiger partial charge in [0.05, 0.1) is 19.8 Å². The summed E-state index contributed by atoms with van der Waals surface area (Å²) in [5.74, 6) is 0.517. The molecule has 1 saturated carbocycles. The molecule has 166 valence electrons. The lowest BCUT2D eigenvalue weighted by Crippen LogP contribution is -2.27. The summed E-state index contributed by atoms with van der Waals surface area (Å²) in [6.07, 6.45) is 3.20. The number of esters is 1. The van der Waals surface area contributed by atoms with E-state index in [0.717, 1.165) is 33.3 Å². The van der Waals surface area contributed by atoms with Gasteiger partial charge >= 0.3 is 5.97 Å². The molecular formula is C25H25IN2O4. The van der Waals surface area contributed by atoms with Gasteiger partial charge in [-0.15, -0.1) is 0 Å². The Kier molecular flexibility index (Phi) is 6.70. The number of amides is 1. The van der Waals surface area contributed by atoms with Crippen LogP contribution in [0.1, 0.15) is 43.7 Å². The second kappa shape index (κ2) is 9.49. The van der Waals surface area contributed by atoms with Crippen molar-refractivity contribution in [1.82, 2.24) is 0 Å². The minimum atomic E-state index is -0.219. The van der Waals surface area contributed by atoms with E-state index in [1.54, 1.807) is 19.1 Å². The van der Waals surface area contributed by atoms with E-state index in [1.807, 2.05) is 18.2 Å². The van der Waals surface area contributed by atoms with Crippen molar-refractivity contribution >= 4 is 45.8 Å². The molecule has 1 aliphatic heterocycles. The standard InChI is InChI=1S/C25H25IN2O4/c1-3-31-23(29)6-4-5-16-7-9-18(27-2)14-21(16)28-24(30)20-15-25(20)11-12-32-22-10-8-17(26)13-19(22)25/h7-10,13-14,20H,3-6,11-12,15H2,1H3,(H,28,30)/t20-,25-/m0/s1. The molecule has 1 heterocycles. The number of hydrogen-bond donors (Lipinski definition) is 1. The number of anilines is 1. The molecule has 0 bridgehead atoms. The van der Waals surface area contributed by atoms with Gasteiger partial charge in [0.1, 0.15) is 5.75 Å². The molecule has 2 aliphatic rings. The Morgan fingerprint density at radius 3 is 2.94 bits per heavy atom. The molecule has 2 aromatic rings. The van der Waals surface area contributed by atoms with Gasteiger partial charge in [0, 0.05) is 32.6 Å².